The van der Waals surface area contributed by atoms with Gasteiger partial charge in [0.15, 0.2) is 0 Å². The molecule has 1 aliphatic rings. The highest BCUT2D eigenvalue weighted by atomic mass is 32.2. The van der Waals surface area contributed by atoms with Crippen LogP contribution in [0, 0.1) is 0 Å². The fourth-order valence-electron chi connectivity index (χ4n) is 1.99. The van der Waals surface area contributed by atoms with E-state index >= 15 is 0 Å². The van der Waals surface area contributed by atoms with Crippen molar-refractivity contribution in [2.24, 2.45) is 0 Å². The van der Waals surface area contributed by atoms with Crippen molar-refractivity contribution >= 4 is 27.9 Å². The highest BCUT2D eigenvalue weighted by molar-refractivity contribution is 7.89. The highest BCUT2D eigenvalue weighted by Crippen LogP contribution is 2.24. The van der Waals surface area contributed by atoms with Crippen LogP contribution in [0.15, 0.2) is 12.0 Å². The second-order valence-electron chi connectivity index (χ2n) is 6.00. The summed E-state index contributed by atoms with van der Waals surface area (Å²) in [4.78, 5) is 31.0. The van der Waals surface area contributed by atoms with E-state index in [1.807, 2.05) is 20.8 Å². The minimum absolute atomic E-state index is 0.191. The first-order valence-electron chi connectivity index (χ1n) is 7.00. The lowest BCUT2D eigenvalue weighted by Crippen LogP contribution is -2.51. The number of nitrogens with zero attached hydrogens (tertiary/aromatic N) is 2. The molecule has 2 heterocycles. The van der Waals surface area contributed by atoms with Gasteiger partial charge in [0.1, 0.15) is 12.2 Å². The van der Waals surface area contributed by atoms with Crippen molar-refractivity contribution in [3.05, 3.63) is 23.4 Å². The van der Waals surface area contributed by atoms with Crippen LogP contribution in [0.3, 0.4) is 0 Å². The zero-order valence-electron chi connectivity index (χ0n) is 13.7. The molecule has 0 unspecified atom stereocenters. The Labute approximate surface area is 130 Å². The quantitative estimate of drug-likeness (QED) is 0.741. The number of sulfonamides is 1. The minimum Gasteiger partial charge on any atom is -0.348 e. The Morgan fingerprint density at radius 1 is 1.41 bits per heavy atom. The fraction of sp³-hybridized carbons (Fsp3) is 0.462. The number of carbonyl (C=O) groups excluding carboxylic acids is 2. The number of aromatic nitrogens is 2. The van der Waals surface area contributed by atoms with Crippen LogP contribution in [-0.4, -0.2) is 47.3 Å². The van der Waals surface area contributed by atoms with Crippen LogP contribution in [0.4, 0.5) is 0 Å². The van der Waals surface area contributed by atoms with E-state index in [0.29, 0.717) is 10.00 Å². The van der Waals surface area contributed by atoms with Crippen molar-refractivity contribution in [2.75, 3.05) is 12.8 Å². The lowest BCUT2D eigenvalue weighted by atomic mass is 9.90. The van der Waals surface area contributed by atoms with Gasteiger partial charge in [0.2, 0.25) is 15.9 Å². The standard InChI is InChI=1S/C13H18N4O4S/c1-13(2,3)11-8(14-7-15-11)5-9-12(19)17(22(4,20)21)6-10(18)16-9/h5,7H,6H2,1-4H3,(H,14,15)(H,16,18)/b9-5-/i5D. The van der Waals surface area contributed by atoms with E-state index in [0.717, 1.165) is 6.26 Å². The molecule has 0 aliphatic carbocycles. The minimum atomic E-state index is -3.90. The zero-order valence-corrected chi connectivity index (χ0v) is 13.5. The summed E-state index contributed by atoms with van der Waals surface area (Å²) in [6.07, 6.45) is 2.22. The number of rotatable bonds is 2. The molecule has 1 saturated heterocycles. The number of piperazine rings is 1. The normalized spacial score (nSPS) is 19.8. The smallest absolute Gasteiger partial charge is 0.284 e. The van der Waals surface area contributed by atoms with Gasteiger partial charge in [-0.15, -0.1) is 0 Å². The predicted octanol–water partition coefficient (Wildman–Crippen LogP) is -0.0339. The Kier molecular flexibility index (Phi) is 3.51. The molecule has 1 aromatic heterocycles. The van der Waals surface area contributed by atoms with E-state index in [1.165, 1.54) is 6.33 Å². The van der Waals surface area contributed by atoms with Gasteiger partial charge in [0.05, 0.1) is 19.6 Å². The SMILES string of the molecule is [2H]/C(=C1/NC(=O)CN(S(C)(=O)=O)C1=O)c1nc[nH]c1C(C)(C)C. The maximum absolute atomic E-state index is 12.3. The van der Waals surface area contributed by atoms with Crippen LogP contribution in [0.2, 0.25) is 0 Å². The Bertz CT molecular complexity index is 804. The van der Waals surface area contributed by atoms with Gasteiger partial charge in [-0.1, -0.05) is 20.8 Å². The summed E-state index contributed by atoms with van der Waals surface area (Å²) in [6, 6.07) is -0.331. The third-order valence-electron chi connectivity index (χ3n) is 3.03. The molecule has 1 aromatic rings. The summed E-state index contributed by atoms with van der Waals surface area (Å²) in [5, 5.41) is 2.28. The van der Waals surface area contributed by atoms with E-state index in [4.69, 9.17) is 1.37 Å². The summed E-state index contributed by atoms with van der Waals surface area (Å²) in [6.45, 7) is 5.09. The molecule has 0 saturated carbocycles. The van der Waals surface area contributed by atoms with Gasteiger partial charge in [0.25, 0.3) is 5.91 Å². The Morgan fingerprint density at radius 2 is 2.05 bits per heavy atom. The van der Waals surface area contributed by atoms with Gasteiger partial charge in [-0.25, -0.2) is 17.7 Å². The number of aromatic amines is 1. The molecule has 8 nitrogen and oxygen atoms in total. The molecule has 0 atom stereocenters. The third-order valence-corrected chi connectivity index (χ3v) is 4.12. The number of carbonyl (C=O) groups is 2. The Morgan fingerprint density at radius 3 is 2.59 bits per heavy atom. The first kappa shape index (κ1) is 14.8. The average Bonchev–Trinajstić information content (AvgIpc) is 2.88. The van der Waals surface area contributed by atoms with Gasteiger partial charge < -0.3 is 10.3 Å². The molecule has 2 amide bonds. The van der Waals surface area contributed by atoms with Crippen LogP contribution in [-0.2, 0) is 25.0 Å². The van der Waals surface area contributed by atoms with Crippen LogP contribution >= 0.6 is 0 Å². The molecular formula is C13H18N4O4S. The summed E-state index contributed by atoms with van der Waals surface area (Å²) in [5.74, 6) is -1.62. The maximum atomic E-state index is 12.3. The molecule has 0 aromatic carbocycles. The second kappa shape index (κ2) is 5.24. The van der Waals surface area contributed by atoms with Crippen LogP contribution in [0.5, 0.6) is 0 Å². The molecule has 0 bridgehead atoms. The number of hydrogen-bond acceptors (Lipinski definition) is 5. The van der Waals surface area contributed by atoms with Crippen molar-refractivity contribution in [1.29, 1.82) is 0 Å². The Hall–Kier alpha value is -2.16. The lowest BCUT2D eigenvalue weighted by molar-refractivity contribution is -0.132. The summed E-state index contributed by atoms with van der Waals surface area (Å²) >= 11 is 0. The molecule has 1 fully saturated rings. The van der Waals surface area contributed by atoms with Crippen molar-refractivity contribution in [3.8, 4) is 0 Å². The molecule has 2 N–H and O–H groups in total. The number of H-pyrrole nitrogens is 1. The van der Waals surface area contributed by atoms with E-state index in [1.54, 1.807) is 0 Å². The van der Waals surface area contributed by atoms with E-state index in [-0.39, 0.29) is 17.2 Å². The van der Waals surface area contributed by atoms with Gasteiger partial charge in [-0.3, -0.25) is 9.59 Å². The van der Waals surface area contributed by atoms with Crippen LogP contribution in [0.1, 0.15) is 33.5 Å². The molecular weight excluding hydrogens is 308 g/mol. The van der Waals surface area contributed by atoms with Crippen molar-refractivity contribution < 1.29 is 19.4 Å². The molecule has 22 heavy (non-hydrogen) atoms. The van der Waals surface area contributed by atoms with E-state index in [2.05, 4.69) is 15.3 Å². The largest absolute Gasteiger partial charge is 0.348 e. The second-order valence-corrected chi connectivity index (χ2v) is 7.91. The van der Waals surface area contributed by atoms with Crippen molar-refractivity contribution in [1.82, 2.24) is 19.6 Å². The topological polar surface area (TPSA) is 112 Å². The first-order chi connectivity index (χ1) is 10.4. The van der Waals surface area contributed by atoms with Gasteiger partial charge >= 0.3 is 0 Å². The van der Waals surface area contributed by atoms with Crippen molar-refractivity contribution in [3.63, 3.8) is 0 Å². The molecule has 0 radical (unpaired) electrons. The van der Waals surface area contributed by atoms with Crippen LogP contribution in [0.25, 0.3) is 6.05 Å². The molecule has 120 valence electrons. The molecule has 9 heteroatoms. The number of hydrogen-bond donors (Lipinski definition) is 2. The monoisotopic (exact) mass is 327 g/mol. The zero-order chi connectivity index (χ0) is 17.6. The maximum Gasteiger partial charge on any atom is 0.284 e. The number of amides is 2. The average molecular weight is 327 g/mol. The fourth-order valence-corrected chi connectivity index (χ4v) is 2.74. The molecule has 1 aliphatic heterocycles. The van der Waals surface area contributed by atoms with Crippen molar-refractivity contribution in [2.45, 2.75) is 26.2 Å². The van der Waals surface area contributed by atoms with Gasteiger partial charge in [0, 0.05) is 11.1 Å². The molecule has 0 spiro atoms. The number of imidazole rings is 1. The highest BCUT2D eigenvalue weighted by Gasteiger charge is 2.34. The summed E-state index contributed by atoms with van der Waals surface area (Å²) in [7, 11) is -3.90. The molecule has 2 rings (SSSR count). The van der Waals surface area contributed by atoms with Gasteiger partial charge in [-0.2, -0.15) is 0 Å². The number of nitrogens with one attached hydrogen (secondary N) is 2. The van der Waals surface area contributed by atoms with Crippen LogP contribution < -0.4 is 5.32 Å². The van der Waals surface area contributed by atoms with E-state index in [9.17, 15) is 18.0 Å². The van der Waals surface area contributed by atoms with E-state index < -0.39 is 34.1 Å². The Balaban J connectivity index is 2.58. The van der Waals surface area contributed by atoms with Gasteiger partial charge in [-0.05, 0) is 6.05 Å². The first-order valence-corrected chi connectivity index (χ1v) is 8.34. The lowest BCUT2D eigenvalue weighted by Gasteiger charge is -2.26. The summed E-state index contributed by atoms with van der Waals surface area (Å²) in [5.41, 5.74) is 0.0195. The third kappa shape index (κ3) is 3.19. The summed E-state index contributed by atoms with van der Waals surface area (Å²) < 4.78 is 31.9. The predicted molar refractivity (Wildman–Crippen MR) is 80.0 cm³/mol.